The molecule has 5 rings (SSSR count). The number of benzene rings is 2. The molecule has 10 heteroatoms. The molecule has 0 bridgehead atoms. The number of halogens is 1. The number of rotatable bonds is 13. The summed E-state index contributed by atoms with van der Waals surface area (Å²) < 4.78 is 25.6. The lowest BCUT2D eigenvalue weighted by atomic mass is 9.82. The molecule has 1 atom stereocenters. The van der Waals surface area contributed by atoms with Crippen molar-refractivity contribution in [2.24, 2.45) is 5.41 Å². The molecular formula is C38H48FN5O4. The first-order valence-corrected chi connectivity index (χ1v) is 16.7. The van der Waals surface area contributed by atoms with Crippen molar-refractivity contribution in [3.63, 3.8) is 0 Å². The Morgan fingerprint density at radius 3 is 2.38 bits per heavy atom. The van der Waals surface area contributed by atoms with E-state index in [1.807, 2.05) is 58.2 Å². The van der Waals surface area contributed by atoms with Gasteiger partial charge in [0.1, 0.15) is 17.4 Å². The molecule has 0 aliphatic carbocycles. The highest BCUT2D eigenvalue weighted by Crippen LogP contribution is 2.46. The monoisotopic (exact) mass is 657 g/mol. The van der Waals surface area contributed by atoms with Crippen LogP contribution in [0.4, 0.5) is 15.9 Å². The number of aromatic nitrogens is 3. The standard InChI is InChI=1S/C38H48FN5O4/c1-25-31(34(36(45)46)48-37(2,3)4)33(44-20-17-38(5,6)18-21-44)32(35(43-25)41-19-15-29-23-40-24-42-29)27-9-13-30(14-10-27)47-22-16-26-7-11-28(39)12-8-26/h7-14,23-24,34H,15-22H2,1-6H3,(H,40,42)(H,41,43)(H,45,46)/t34-/m0/s1. The number of aliphatic carboxylic acids is 1. The number of aromatic amines is 1. The Bertz CT molecular complexity index is 1660. The van der Waals surface area contributed by atoms with Crippen LogP contribution in [0.2, 0.25) is 0 Å². The summed E-state index contributed by atoms with van der Waals surface area (Å²) in [6.45, 7) is 14.6. The maximum absolute atomic E-state index is 13.3. The van der Waals surface area contributed by atoms with Crippen LogP contribution >= 0.6 is 0 Å². The van der Waals surface area contributed by atoms with E-state index in [2.05, 4.69) is 34.0 Å². The summed E-state index contributed by atoms with van der Waals surface area (Å²) in [6, 6.07) is 14.3. The summed E-state index contributed by atoms with van der Waals surface area (Å²) >= 11 is 0. The van der Waals surface area contributed by atoms with E-state index >= 15 is 0 Å². The minimum atomic E-state index is -1.21. The maximum Gasteiger partial charge on any atom is 0.337 e. The van der Waals surface area contributed by atoms with Crippen LogP contribution in [-0.2, 0) is 22.4 Å². The summed E-state index contributed by atoms with van der Waals surface area (Å²) in [5.74, 6) is 0.0706. The minimum Gasteiger partial charge on any atom is -0.493 e. The lowest BCUT2D eigenvalue weighted by Gasteiger charge is -2.41. The Kier molecular flexibility index (Phi) is 10.7. The van der Waals surface area contributed by atoms with Gasteiger partial charge in [-0.2, -0.15) is 0 Å². The Balaban J connectivity index is 1.56. The van der Waals surface area contributed by atoms with Crippen LogP contribution in [0, 0.1) is 18.2 Å². The van der Waals surface area contributed by atoms with Gasteiger partial charge in [-0.05, 0) is 81.3 Å². The van der Waals surface area contributed by atoms with Gasteiger partial charge < -0.3 is 29.8 Å². The molecule has 2 aromatic carbocycles. The summed E-state index contributed by atoms with van der Waals surface area (Å²) in [5, 5.41) is 14.1. The Morgan fingerprint density at radius 2 is 1.77 bits per heavy atom. The van der Waals surface area contributed by atoms with E-state index in [1.54, 1.807) is 18.5 Å². The number of anilines is 2. The molecule has 1 saturated heterocycles. The van der Waals surface area contributed by atoms with Crippen molar-refractivity contribution in [3.8, 4) is 16.9 Å². The van der Waals surface area contributed by atoms with E-state index in [0.717, 1.165) is 54.0 Å². The van der Waals surface area contributed by atoms with Crippen molar-refractivity contribution >= 4 is 17.5 Å². The topological polar surface area (TPSA) is 113 Å². The molecule has 3 heterocycles. The zero-order valence-electron chi connectivity index (χ0n) is 28.9. The molecule has 9 nitrogen and oxygen atoms in total. The first kappa shape index (κ1) is 34.9. The molecule has 48 heavy (non-hydrogen) atoms. The van der Waals surface area contributed by atoms with Gasteiger partial charge in [0, 0.05) is 55.5 Å². The lowest BCUT2D eigenvalue weighted by molar-refractivity contribution is -0.160. The van der Waals surface area contributed by atoms with Crippen molar-refractivity contribution in [2.45, 2.75) is 78.9 Å². The number of imidazole rings is 1. The van der Waals surface area contributed by atoms with Crippen molar-refractivity contribution < 1.29 is 23.8 Å². The highest BCUT2D eigenvalue weighted by molar-refractivity contribution is 5.92. The first-order chi connectivity index (χ1) is 22.8. The summed E-state index contributed by atoms with van der Waals surface area (Å²) in [7, 11) is 0. The molecule has 0 spiro atoms. The number of H-pyrrole nitrogens is 1. The van der Waals surface area contributed by atoms with Crippen LogP contribution in [-0.4, -0.2) is 57.9 Å². The highest BCUT2D eigenvalue weighted by Gasteiger charge is 2.37. The molecule has 4 aromatic rings. The molecule has 0 radical (unpaired) electrons. The van der Waals surface area contributed by atoms with E-state index < -0.39 is 17.7 Å². The third-order valence-corrected chi connectivity index (χ3v) is 8.73. The maximum atomic E-state index is 13.3. The SMILES string of the molecule is Cc1nc(NCCc2c[nH]cn2)c(-c2ccc(OCCc3ccc(F)cc3)cc2)c(N2CCC(C)(C)CC2)c1[C@H](OC(C)(C)C)C(=O)O. The predicted octanol–water partition coefficient (Wildman–Crippen LogP) is 7.76. The van der Waals surface area contributed by atoms with Crippen LogP contribution in [0.5, 0.6) is 5.75 Å². The predicted molar refractivity (Wildman–Crippen MR) is 187 cm³/mol. The van der Waals surface area contributed by atoms with Gasteiger partial charge >= 0.3 is 5.97 Å². The number of nitrogens with one attached hydrogen (secondary N) is 2. The molecule has 1 aliphatic rings. The van der Waals surface area contributed by atoms with Crippen LogP contribution in [0.15, 0.2) is 61.1 Å². The zero-order valence-corrected chi connectivity index (χ0v) is 28.9. The van der Waals surface area contributed by atoms with Crippen LogP contribution < -0.4 is 15.0 Å². The van der Waals surface area contributed by atoms with E-state index in [0.29, 0.717) is 48.8 Å². The molecule has 0 saturated carbocycles. The second kappa shape index (κ2) is 14.8. The molecule has 0 unspecified atom stereocenters. The van der Waals surface area contributed by atoms with Gasteiger partial charge in [0.05, 0.1) is 29.9 Å². The molecular weight excluding hydrogens is 609 g/mol. The molecule has 2 aromatic heterocycles. The van der Waals surface area contributed by atoms with E-state index in [1.165, 1.54) is 12.1 Å². The number of carboxylic acid groups (broad SMARTS) is 1. The average Bonchev–Trinajstić information content (AvgIpc) is 3.55. The molecule has 3 N–H and O–H groups in total. The van der Waals surface area contributed by atoms with E-state index in [9.17, 15) is 14.3 Å². The van der Waals surface area contributed by atoms with Gasteiger partial charge in [0.15, 0.2) is 6.10 Å². The van der Waals surface area contributed by atoms with Crippen LogP contribution in [0.1, 0.15) is 76.1 Å². The van der Waals surface area contributed by atoms with Crippen molar-refractivity contribution in [1.82, 2.24) is 15.0 Å². The Labute approximate surface area is 282 Å². The van der Waals surface area contributed by atoms with Gasteiger partial charge in [-0.1, -0.05) is 38.1 Å². The third kappa shape index (κ3) is 8.92. The average molecular weight is 658 g/mol. The summed E-state index contributed by atoms with van der Waals surface area (Å²) in [5.41, 5.74) is 5.15. The van der Waals surface area contributed by atoms with E-state index in [4.69, 9.17) is 14.5 Å². The second-order valence-electron chi connectivity index (χ2n) is 14.3. The van der Waals surface area contributed by atoms with Crippen molar-refractivity contribution in [1.29, 1.82) is 0 Å². The number of carboxylic acids is 1. The fourth-order valence-electron chi connectivity index (χ4n) is 6.06. The number of nitrogens with zero attached hydrogens (tertiary/aromatic N) is 3. The minimum absolute atomic E-state index is 0.185. The van der Waals surface area contributed by atoms with Gasteiger partial charge in [-0.15, -0.1) is 0 Å². The number of piperidine rings is 1. The summed E-state index contributed by atoms with van der Waals surface area (Å²) in [4.78, 5) is 27.7. The van der Waals surface area contributed by atoms with Gasteiger partial charge in [0.2, 0.25) is 0 Å². The number of ether oxygens (including phenoxy) is 2. The fraction of sp³-hybridized carbons (Fsp3) is 0.447. The quantitative estimate of drug-likeness (QED) is 0.134. The molecule has 1 aliphatic heterocycles. The number of hydrogen-bond donors (Lipinski definition) is 3. The first-order valence-electron chi connectivity index (χ1n) is 16.7. The smallest absolute Gasteiger partial charge is 0.337 e. The van der Waals surface area contributed by atoms with Gasteiger partial charge in [-0.3, -0.25) is 0 Å². The number of carbonyl (C=O) groups is 1. The number of hydrogen-bond acceptors (Lipinski definition) is 7. The Morgan fingerprint density at radius 1 is 1.08 bits per heavy atom. The number of aryl methyl sites for hydroxylation is 1. The largest absolute Gasteiger partial charge is 0.493 e. The van der Waals surface area contributed by atoms with Crippen molar-refractivity contribution in [2.75, 3.05) is 36.5 Å². The summed E-state index contributed by atoms with van der Waals surface area (Å²) in [6.07, 6.45) is 5.59. The normalized spacial score (nSPS) is 15.3. The number of pyridine rings is 1. The fourth-order valence-corrected chi connectivity index (χ4v) is 6.06. The highest BCUT2D eigenvalue weighted by atomic mass is 19.1. The molecule has 0 amide bonds. The van der Waals surface area contributed by atoms with Gasteiger partial charge in [-0.25, -0.2) is 19.2 Å². The van der Waals surface area contributed by atoms with Crippen molar-refractivity contribution in [3.05, 3.63) is 89.4 Å². The molecule has 256 valence electrons. The van der Waals surface area contributed by atoms with Gasteiger partial charge in [0.25, 0.3) is 0 Å². The van der Waals surface area contributed by atoms with E-state index in [-0.39, 0.29) is 11.2 Å². The Hall–Kier alpha value is -4.44. The van der Waals surface area contributed by atoms with Crippen LogP contribution in [0.3, 0.4) is 0 Å². The van der Waals surface area contributed by atoms with Crippen LogP contribution in [0.25, 0.3) is 11.1 Å². The molecule has 1 fully saturated rings. The lowest BCUT2D eigenvalue weighted by Crippen LogP contribution is -2.39. The zero-order chi connectivity index (χ0) is 34.5. The third-order valence-electron chi connectivity index (χ3n) is 8.73. The second-order valence-corrected chi connectivity index (χ2v) is 14.3.